The fraction of sp³-hybridized carbons (Fsp3) is 0.190. The van der Waals surface area contributed by atoms with Crippen molar-refractivity contribution in [1.82, 2.24) is 9.88 Å². The highest BCUT2D eigenvalue weighted by atomic mass is 19.4. The quantitative estimate of drug-likeness (QED) is 0.352. The summed E-state index contributed by atoms with van der Waals surface area (Å²) in [5, 5.41) is 19.1. The number of nitrogens with one attached hydrogen (secondary N) is 2. The highest BCUT2D eigenvalue weighted by Crippen LogP contribution is 2.38. The maximum Gasteiger partial charge on any atom is 0.418 e. The van der Waals surface area contributed by atoms with Gasteiger partial charge in [0.05, 0.1) is 23.7 Å². The largest absolute Gasteiger partial charge is 0.418 e. The van der Waals surface area contributed by atoms with Crippen molar-refractivity contribution < 1.29 is 26.7 Å². The molecule has 10 heteroatoms. The van der Waals surface area contributed by atoms with E-state index in [2.05, 4.69) is 5.32 Å². The van der Waals surface area contributed by atoms with Crippen molar-refractivity contribution in [2.75, 3.05) is 0 Å². The number of amidine groups is 1. The minimum atomic E-state index is -4.76. The Labute approximate surface area is 173 Å². The molecule has 0 aliphatic carbocycles. The van der Waals surface area contributed by atoms with E-state index in [-0.39, 0.29) is 28.8 Å². The Morgan fingerprint density at radius 2 is 1.81 bits per heavy atom. The molecule has 3 rings (SSSR count). The first kappa shape index (κ1) is 22.0. The summed E-state index contributed by atoms with van der Waals surface area (Å²) in [5.41, 5.74) is -1.33. The first-order valence-electron chi connectivity index (χ1n) is 9.02. The van der Waals surface area contributed by atoms with Crippen LogP contribution in [0.1, 0.15) is 34.1 Å². The fourth-order valence-corrected chi connectivity index (χ4v) is 3.36. The minimum absolute atomic E-state index is 0.138. The second kappa shape index (κ2) is 8.18. The van der Waals surface area contributed by atoms with E-state index < -0.39 is 34.8 Å². The molecule has 0 unspecified atom stereocenters. The number of aromatic nitrogens is 1. The van der Waals surface area contributed by atoms with Gasteiger partial charge in [-0.05, 0) is 36.8 Å². The van der Waals surface area contributed by atoms with Crippen LogP contribution in [0.15, 0.2) is 36.4 Å². The van der Waals surface area contributed by atoms with Crippen molar-refractivity contribution in [1.29, 1.82) is 10.7 Å². The summed E-state index contributed by atoms with van der Waals surface area (Å²) >= 11 is 0. The number of nitriles is 1. The number of amides is 1. The van der Waals surface area contributed by atoms with Crippen molar-refractivity contribution in [3.05, 3.63) is 70.4 Å². The topological polar surface area (TPSA) is 81.7 Å². The van der Waals surface area contributed by atoms with Crippen LogP contribution in [0.25, 0.3) is 10.9 Å². The highest BCUT2D eigenvalue weighted by molar-refractivity contribution is 6.05. The number of halogens is 5. The van der Waals surface area contributed by atoms with Crippen LogP contribution in [0.3, 0.4) is 0 Å². The molecule has 0 saturated carbocycles. The number of hydrogen-bond donors (Lipinski definition) is 2. The number of rotatable bonds is 4. The van der Waals surface area contributed by atoms with Gasteiger partial charge in [-0.1, -0.05) is 6.92 Å². The Bertz CT molecular complexity index is 1220. The van der Waals surface area contributed by atoms with Crippen molar-refractivity contribution in [3.8, 4) is 6.07 Å². The third-order valence-corrected chi connectivity index (χ3v) is 4.64. The normalized spacial score (nSPS) is 11.4. The van der Waals surface area contributed by atoms with Crippen LogP contribution >= 0.6 is 0 Å². The number of benzene rings is 2. The van der Waals surface area contributed by atoms with Crippen LogP contribution in [-0.2, 0) is 19.1 Å². The molecule has 1 aromatic heterocycles. The van der Waals surface area contributed by atoms with E-state index in [1.165, 1.54) is 16.7 Å². The highest BCUT2D eigenvalue weighted by Gasteiger charge is 2.36. The van der Waals surface area contributed by atoms with Gasteiger partial charge in [-0.3, -0.25) is 10.2 Å². The van der Waals surface area contributed by atoms with Crippen LogP contribution in [0, 0.1) is 28.4 Å². The standard InChI is InChI=1S/C21H15F5N4O/c1-2-15-8-16-17(4-3-11(9-27)19(16)21(24,25)26)30(15)10-18(28)29-20(31)12-5-13(22)7-14(23)6-12/h3-8H,2,10H2,1H3,(H2,28,29,31). The Balaban J connectivity index is 1.96. The number of fused-ring (bicyclic) bond motifs is 1. The lowest BCUT2D eigenvalue weighted by Crippen LogP contribution is -2.33. The molecule has 0 atom stereocenters. The maximum atomic E-state index is 13.6. The summed E-state index contributed by atoms with van der Waals surface area (Å²) < 4.78 is 68.8. The lowest BCUT2D eigenvalue weighted by atomic mass is 10.0. The first-order chi connectivity index (χ1) is 14.5. The molecule has 1 heterocycles. The predicted molar refractivity (Wildman–Crippen MR) is 103 cm³/mol. The minimum Gasteiger partial charge on any atom is -0.337 e. The number of hydrogen-bond acceptors (Lipinski definition) is 3. The molecule has 0 fully saturated rings. The maximum absolute atomic E-state index is 13.6. The molecule has 0 spiro atoms. The predicted octanol–water partition coefficient (Wildman–Crippen LogP) is 4.78. The van der Waals surface area contributed by atoms with Gasteiger partial charge < -0.3 is 9.88 Å². The summed E-state index contributed by atoms with van der Waals surface area (Å²) in [6.45, 7) is 1.42. The number of alkyl halides is 3. The molecule has 0 bridgehead atoms. The van der Waals surface area contributed by atoms with Crippen molar-refractivity contribution in [3.63, 3.8) is 0 Å². The zero-order valence-corrected chi connectivity index (χ0v) is 16.1. The Hall–Kier alpha value is -3.74. The third-order valence-electron chi connectivity index (χ3n) is 4.64. The van der Waals surface area contributed by atoms with Gasteiger partial charge in [-0.25, -0.2) is 8.78 Å². The van der Waals surface area contributed by atoms with Crippen LogP contribution < -0.4 is 5.32 Å². The number of carbonyl (C=O) groups is 1. The number of carbonyl (C=O) groups excluding carboxylic acids is 1. The van der Waals surface area contributed by atoms with E-state index in [4.69, 9.17) is 10.7 Å². The lowest BCUT2D eigenvalue weighted by Gasteiger charge is -2.14. The van der Waals surface area contributed by atoms with Gasteiger partial charge in [0, 0.05) is 28.2 Å². The average molecular weight is 434 g/mol. The van der Waals surface area contributed by atoms with Crippen LogP contribution in [-0.4, -0.2) is 16.3 Å². The molecule has 5 nitrogen and oxygen atoms in total. The zero-order valence-electron chi connectivity index (χ0n) is 16.1. The molecule has 160 valence electrons. The second-order valence-corrected chi connectivity index (χ2v) is 6.70. The molecule has 0 aliphatic rings. The summed E-state index contributed by atoms with van der Waals surface area (Å²) in [7, 11) is 0. The van der Waals surface area contributed by atoms with E-state index >= 15 is 0 Å². The molecule has 2 aromatic carbocycles. The SMILES string of the molecule is CCc1cc2c(C(F)(F)F)c(C#N)ccc2n1CC(=N)NC(=O)c1cc(F)cc(F)c1. The Morgan fingerprint density at radius 3 is 2.35 bits per heavy atom. The molecule has 0 radical (unpaired) electrons. The molecular weight excluding hydrogens is 419 g/mol. The molecule has 0 aliphatic heterocycles. The van der Waals surface area contributed by atoms with Gasteiger partial charge in [0.25, 0.3) is 5.91 Å². The summed E-state index contributed by atoms with van der Waals surface area (Å²) in [6.07, 6.45) is -4.44. The second-order valence-electron chi connectivity index (χ2n) is 6.70. The van der Waals surface area contributed by atoms with Crippen LogP contribution in [0.2, 0.25) is 0 Å². The average Bonchev–Trinajstić information content (AvgIpc) is 3.02. The monoisotopic (exact) mass is 434 g/mol. The zero-order chi connectivity index (χ0) is 22.9. The molecule has 31 heavy (non-hydrogen) atoms. The first-order valence-corrected chi connectivity index (χ1v) is 9.02. The molecule has 3 aromatic rings. The van der Waals surface area contributed by atoms with Gasteiger partial charge in [-0.2, -0.15) is 18.4 Å². The van der Waals surface area contributed by atoms with Crippen LogP contribution in [0.5, 0.6) is 0 Å². The lowest BCUT2D eigenvalue weighted by molar-refractivity contribution is -0.136. The Kier molecular flexibility index (Phi) is 5.79. The molecular formula is C21H15F5N4O. The van der Waals surface area contributed by atoms with Gasteiger partial charge in [0.15, 0.2) is 0 Å². The van der Waals surface area contributed by atoms with E-state index in [0.29, 0.717) is 18.2 Å². The van der Waals surface area contributed by atoms with E-state index in [9.17, 15) is 26.7 Å². The number of aryl methyl sites for hydroxylation is 1. The molecule has 0 saturated heterocycles. The summed E-state index contributed by atoms with van der Waals surface area (Å²) in [4.78, 5) is 12.2. The molecule has 2 N–H and O–H groups in total. The van der Waals surface area contributed by atoms with Gasteiger partial charge in [0.1, 0.15) is 17.5 Å². The van der Waals surface area contributed by atoms with E-state index in [1.807, 2.05) is 0 Å². The van der Waals surface area contributed by atoms with Crippen molar-refractivity contribution in [2.24, 2.45) is 0 Å². The van der Waals surface area contributed by atoms with Crippen molar-refractivity contribution in [2.45, 2.75) is 26.1 Å². The van der Waals surface area contributed by atoms with E-state index in [0.717, 1.165) is 18.2 Å². The van der Waals surface area contributed by atoms with Gasteiger partial charge in [-0.15, -0.1) is 0 Å². The van der Waals surface area contributed by atoms with Gasteiger partial charge >= 0.3 is 6.18 Å². The van der Waals surface area contributed by atoms with E-state index in [1.54, 1.807) is 13.0 Å². The van der Waals surface area contributed by atoms with Crippen molar-refractivity contribution >= 4 is 22.6 Å². The molecule has 1 amide bonds. The summed E-state index contributed by atoms with van der Waals surface area (Å²) in [5.74, 6) is -3.25. The van der Waals surface area contributed by atoms with Crippen LogP contribution in [0.4, 0.5) is 22.0 Å². The van der Waals surface area contributed by atoms with Gasteiger partial charge in [0.2, 0.25) is 0 Å². The Morgan fingerprint density at radius 1 is 1.16 bits per heavy atom. The summed E-state index contributed by atoms with van der Waals surface area (Å²) in [6, 6.07) is 7.44. The fourth-order valence-electron chi connectivity index (χ4n) is 3.36. The smallest absolute Gasteiger partial charge is 0.337 e. The number of nitrogens with zero attached hydrogens (tertiary/aromatic N) is 2. The third kappa shape index (κ3) is 4.40.